The Bertz CT molecular complexity index is 3170. The van der Waals surface area contributed by atoms with Gasteiger partial charge >= 0.3 is 0 Å². The number of para-hydroxylation sites is 3. The van der Waals surface area contributed by atoms with Gasteiger partial charge in [-0.2, -0.15) is 0 Å². The second-order valence-electron chi connectivity index (χ2n) is 14.5. The van der Waals surface area contributed by atoms with Crippen LogP contribution in [0, 0.1) is 0 Å². The molecule has 0 aliphatic rings. The van der Waals surface area contributed by atoms with Crippen LogP contribution >= 0.6 is 11.3 Å². The molecule has 0 amide bonds. The Morgan fingerprint density at radius 3 is 1.58 bits per heavy atom. The van der Waals surface area contributed by atoms with E-state index in [1.54, 1.807) is 0 Å². The lowest BCUT2D eigenvalue weighted by atomic mass is 10.0. The average molecular weight is 745 g/mol. The molecule has 9 aromatic carbocycles. The molecule has 3 heteroatoms. The second-order valence-corrected chi connectivity index (χ2v) is 15.6. The monoisotopic (exact) mass is 744 g/mol. The maximum atomic E-state index is 2.41. The highest BCUT2D eigenvalue weighted by atomic mass is 32.1. The summed E-state index contributed by atoms with van der Waals surface area (Å²) in [6.45, 7) is 0. The maximum Gasteiger partial charge on any atom is 0.0541 e. The number of thiophene rings is 1. The van der Waals surface area contributed by atoms with E-state index in [2.05, 4.69) is 228 Å². The third-order valence-electron chi connectivity index (χ3n) is 11.2. The van der Waals surface area contributed by atoms with Gasteiger partial charge in [0, 0.05) is 53.6 Å². The van der Waals surface area contributed by atoms with Crippen LogP contribution < -0.4 is 4.90 Å². The lowest BCUT2D eigenvalue weighted by molar-refractivity contribution is 1.18. The Morgan fingerprint density at radius 1 is 0.316 bits per heavy atom. The van der Waals surface area contributed by atoms with Crippen molar-refractivity contribution in [3.63, 3.8) is 0 Å². The molecule has 11 rings (SSSR count). The van der Waals surface area contributed by atoms with Crippen molar-refractivity contribution < 1.29 is 0 Å². The van der Waals surface area contributed by atoms with Gasteiger partial charge in [-0.3, -0.25) is 0 Å². The van der Waals surface area contributed by atoms with Crippen LogP contribution in [0.3, 0.4) is 0 Å². The van der Waals surface area contributed by atoms with E-state index in [-0.39, 0.29) is 0 Å². The van der Waals surface area contributed by atoms with E-state index in [0.29, 0.717) is 0 Å². The average Bonchev–Trinajstić information content (AvgIpc) is 3.83. The van der Waals surface area contributed by atoms with Gasteiger partial charge in [-0.25, -0.2) is 0 Å². The van der Waals surface area contributed by atoms with E-state index in [0.717, 1.165) is 17.1 Å². The molecule has 0 saturated heterocycles. The first-order chi connectivity index (χ1) is 28.3. The number of benzene rings is 9. The Balaban J connectivity index is 1.00. The minimum atomic E-state index is 1.10. The lowest BCUT2D eigenvalue weighted by Crippen LogP contribution is -2.10. The highest BCUT2D eigenvalue weighted by Gasteiger charge is 2.18. The number of anilines is 3. The first-order valence-electron chi connectivity index (χ1n) is 19.4. The molecule has 0 aliphatic heterocycles. The van der Waals surface area contributed by atoms with Crippen LogP contribution in [0.25, 0.3) is 81.0 Å². The molecule has 57 heavy (non-hydrogen) atoms. The van der Waals surface area contributed by atoms with Crippen LogP contribution in [0.2, 0.25) is 0 Å². The summed E-state index contributed by atoms with van der Waals surface area (Å²) in [4.78, 5) is 2.37. The van der Waals surface area contributed by atoms with Gasteiger partial charge in [0.1, 0.15) is 0 Å². The van der Waals surface area contributed by atoms with E-state index in [1.807, 2.05) is 11.3 Å². The number of hydrogen-bond acceptors (Lipinski definition) is 2. The summed E-state index contributed by atoms with van der Waals surface area (Å²) in [6.07, 6.45) is 0. The van der Waals surface area contributed by atoms with Gasteiger partial charge in [0.15, 0.2) is 0 Å². The topological polar surface area (TPSA) is 8.17 Å². The molecule has 0 saturated carbocycles. The minimum Gasteiger partial charge on any atom is -0.310 e. The van der Waals surface area contributed by atoms with Crippen LogP contribution in [-0.4, -0.2) is 4.57 Å². The van der Waals surface area contributed by atoms with Gasteiger partial charge in [0.25, 0.3) is 0 Å². The fraction of sp³-hybridized carbons (Fsp3) is 0. The molecule has 0 N–H and O–H groups in total. The molecule has 0 bridgehead atoms. The fourth-order valence-corrected chi connectivity index (χ4v) is 9.64. The Hall–Kier alpha value is -7.20. The third kappa shape index (κ3) is 5.80. The molecule has 2 heterocycles. The summed E-state index contributed by atoms with van der Waals surface area (Å²) in [5.41, 5.74) is 14.0. The van der Waals surface area contributed by atoms with Crippen molar-refractivity contribution in [3.8, 4) is 39.1 Å². The molecule has 0 fully saturated rings. The summed E-state index contributed by atoms with van der Waals surface area (Å²) in [7, 11) is 0. The first kappa shape index (κ1) is 33.2. The zero-order valence-corrected chi connectivity index (χ0v) is 31.9. The molecule has 2 nitrogen and oxygen atoms in total. The van der Waals surface area contributed by atoms with Gasteiger partial charge in [0.05, 0.1) is 16.7 Å². The molecule has 11 aromatic rings. The van der Waals surface area contributed by atoms with E-state index >= 15 is 0 Å². The van der Waals surface area contributed by atoms with Crippen molar-refractivity contribution in [1.29, 1.82) is 0 Å². The van der Waals surface area contributed by atoms with Crippen molar-refractivity contribution in [3.05, 3.63) is 218 Å². The Morgan fingerprint density at radius 2 is 0.842 bits per heavy atom. The highest BCUT2D eigenvalue weighted by molar-refractivity contribution is 7.25. The van der Waals surface area contributed by atoms with Gasteiger partial charge in [0.2, 0.25) is 0 Å². The summed E-state index contributed by atoms with van der Waals surface area (Å²) in [5.74, 6) is 0. The molecule has 0 unspecified atom stereocenters. The second kappa shape index (κ2) is 13.8. The zero-order valence-electron chi connectivity index (χ0n) is 31.1. The van der Waals surface area contributed by atoms with Gasteiger partial charge in [-0.15, -0.1) is 11.3 Å². The fourth-order valence-electron chi connectivity index (χ4n) is 8.50. The molecule has 0 radical (unpaired) electrons. The van der Waals surface area contributed by atoms with Crippen molar-refractivity contribution in [2.75, 3.05) is 4.90 Å². The molecule has 0 aliphatic carbocycles. The van der Waals surface area contributed by atoms with Crippen LogP contribution in [0.1, 0.15) is 0 Å². The van der Waals surface area contributed by atoms with Crippen molar-refractivity contribution in [2.24, 2.45) is 0 Å². The van der Waals surface area contributed by atoms with Gasteiger partial charge in [-0.1, -0.05) is 152 Å². The van der Waals surface area contributed by atoms with Gasteiger partial charge in [-0.05, 0) is 94.5 Å². The Kier molecular flexibility index (Phi) is 8.04. The number of rotatable bonds is 7. The normalized spacial score (nSPS) is 11.5. The van der Waals surface area contributed by atoms with E-state index in [4.69, 9.17) is 0 Å². The predicted octanol–water partition coefficient (Wildman–Crippen LogP) is 15.6. The van der Waals surface area contributed by atoms with E-state index in [9.17, 15) is 0 Å². The minimum absolute atomic E-state index is 1.10. The van der Waals surface area contributed by atoms with Crippen LogP contribution in [0.5, 0.6) is 0 Å². The summed E-state index contributed by atoms with van der Waals surface area (Å²) >= 11 is 1.86. The summed E-state index contributed by atoms with van der Waals surface area (Å²) in [6, 6.07) is 79.3. The van der Waals surface area contributed by atoms with E-state index in [1.165, 1.54) is 81.0 Å². The van der Waals surface area contributed by atoms with Crippen molar-refractivity contribution in [1.82, 2.24) is 4.57 Å². The molecule has 268 valence electrons. The molecular formula is C54H36N2S. The summed E-state index contributed by atoms with van der Waals surface area (Å²) in [5, 5.41) is 5.17. The molecule has 0 atom stereocenters. The Labute approximate surface area is 335 Å². The zero-order chi connectivity index (χ0) is 37.7. The van der Waals surface area contributed by atoms with Gasteiger partial charge < -0.3 is 9.47 Å². The largest absolute Gasteiger partial charge is 0.310 e. The molecule has 0 spiro atoms. The highest BCUT2D eigenvalue weighted by Crippen LogP contribution is 2.41. The first-order valence-corrected chi connectivity index (χ1v) is 20.2. The quantitative estimate of drug-likeness (QED) is 0.158. The van der Waals surface area contributed by atoms with Crippen molar-refractivity contribution >= 4 is 70.4 Å². The third-order valence-corrected chi connectivity index (χ3v) is 12.3. The lowest BCUT2D eigenvalue weighted by Gasteiger charge is -2.26. The summed E-state index contributed by atoms with van der Waals surface area (Å²) < 4.78 is 5.06. The van der Waals surface area contributed by atoms with E-state index < -0.39 is 0 Å². The van der Waals surface area contributed by atoms with Crippen LogP contribution in [-0.2, 0) is 0 Å². The number of fused-ring (bicyclic) bond motifs is 6. The number of nitrogens with zero attached hydrogens (tertiary/aromatic N) is 2. The van der Waals surface area contributed by atoms with Crippen molar-refractivity contribution in [2.45, 2.75) is 0 Å². The SMILES string of the molecule is c1ccc(-c2cccc(N(c3ccc(-c4ccc5c(c4)sc4ccccc45)cc3)c3ccc(-c4ccccc4-n4c5ccccc5c5ccccc54)cc3)c2)cc1. The predicted molar refractivity (Wildman–Crippen MR) is 245 cm³/mol. The molecule has 2 aromatic heterocycles. The van der Waals surface area contributed by atoms with Crippen LogP contribution in [0.15, 0.2) is 218 Å². The van der Waals surface area contributed by atoms with Crippen LogP contribution in [0.4, 0.5) is 17.1 Å². The maximum absolute atomic E-state index is 2.41. The smallest absolute Gasteiger partial charge is 0.0541 e. The number of hydrogen-bond donors (Lipinski definition) is 0. The number of aromatic nitrogens is 1. The molecular weight excluding hydrogens is 709 g/mol. The standard InChI is InChI=1S/C54H36N2S/c1-2-13-37(14-3-1)40-15-12-16-44(35-40)55(42-30-25-38(26-31-42)41-29-34-49-48-20-7-11-24-53(48)57-54(49)36-41)43-32-27-39(28-33-43)45-17-4-8-21-50(45)56-51-22-9-5-18-46(51)47-19-6-10-23-52(47)56/h1-36H.